The van der Waals surface area contributed by atoms with E-state index in [9.17, 15) is 4.79 Å². The average Bonchev–Trinajstić information content (AvgIpc) is 3.01. The second kappa shape index (κ2) is 7.29. The van der Waals surface area contributed by atoms with E-state index in [2.05, 4.69) is 15.2 Å². The smallest absolute Gasteiger partial charge is 0.242 e. The van der Waals surface area contributed by atoms with E-state index in [4.69, 9.17) is 0 Å². The molecule has 0 N–H and O–H groups in total. The van der Waals surface area contributed by atoms with E-state index in [1.807, 2.05) is 74.0 Å². The lowest BCUT2D eigenvalue weighted by molar-refractivity contribution is -0.119. The van der Waals surface area contributed by atoms with Gasteiger partial charge in [-0.25, -0.2) is 0 Å². The van der Waals surface area contributed by atoms with Gasteiger partial charge in [0.05, 0.1) is 4.75 Å². The van der Waals surface area contributed by atoms with Gasteiger partial charge in [0.1, 0.15) is 5.69 Å². The van der Waals surface area contributed by atoms with Crippen LogP contribution in [0.3, 0.4) is 0 Å². The molecule has 0 unspecified atom stereocenters. The summed E-state index contributed by atoms with van der Waals surface area (Å²) in [5.41, 5.74) is 1.61. The van der Waals surface area contributed by atoms with E-state index in [0.29, 0.717) is 11.0 Å². The number of anilines is 1. The maximum Gasteiger partial charge on any atom is 0.242 e. The Labute approximate surface area is 157 Å². The van der Waals surface area contributed by atoms with Crippen LogP contribution in [-0.4, -0.2) is 37.5 Å². The van der Waals surface area contributed by atoms with Crippen molar-refractivity contribution in [3.63, 3.8) is 0 Å². The van der Waals surface area contributed by atoms with Crippen LogP contribution in [0, 0.1) is 0 Å². The molecule has 0 aliphatic rings. The van der Waals surface area contributed by atoms with Crippen LogP contribution in [0.5, 0.6) is 0 Å². The highest BCUT2D eigenvalue weighted by Gasteiger charge is 2.34. The molecule has 1 amide bonds. The molecule has 6 nitrogen and oxygen atoms in total. The van der Waals surface area contributed by atoms with Crippen molar-refractivity contribution in [1.82, 2.24) is 19.7 Å². The predicted molar refractivity (Wildman–Crippen MR) is 104 cm³/mol. The highest BCUT2D eigenvalue weighted by Crippen LogP contribution is 2.34. The number of para-hydroxylation sites is 1. The fourth-order valence-corrected chi connectivity index (χ4v) is 3.55. The fraction of sp³-hybridized carbons (Fsp3) is 0.263. The van der Waals surface area contributed by atoms with Crippen molar-refractivity contribution >= 4 is 23.4 Å². The van der Waals surface area contributed by atoms with Gasteiger partial charge in [-0.2, -0.15) is 0 Å². The summed E-state index contributed by atoms with van der Waals surface area (Å²) in [7, 11) is 3.67. The summed E-state index contributed by atoms with van der Waals surface area (Å²) in [5, 5.41) is 9.17. The first kappa shape index (κ1) is 18.1. The van der Waals surface area contributed by atoms with Crippen LogP contribution in [-0.2, 0) is 11.8 Å². The van der Waals surface area contributed by atoms with Crippen molar-refractivity contribution in [3.05, 3.63) is 54.7 Å². The number of hydrogen-bond donors (Lipinski definition) is 0. The molecule has 0 aliphatic heterocycles. The third-order valence-corrected chi connectivity index (χ3v) is 5.26. The van der Waals surface area contributed by atoms with Crippen LogP contribution in [0.1, 0.15) is 13.8 Å². The van der Waals surface area contributed by atoms with Gasteiger partial charge in [-0.15, -0.1) is 10.2 Å². The Balaban J connectivity index is 1.81. The highest BCUT2D eigenvalue weighted by atomic mass is 32.2. The Kier molecular flexibility index (Phi) is 5.08. The molecule has 26 heavy (non-hydrogen) atoms. The predicted octanol–water partition coefficient (Wildman–Crippen LogP) is 3.41. The fourth-order valence-electron chi connectivity index (χ4n) is 2.57. The number of pyridine rings is 1. The van der Waals surface area contributed by atoms with Crippen molar-refractivity contribution in [3.8, 4) is 11.5 Å². The van der Waals surface area contributed by atoms with Gasteiger partial charge in [0.15, 0.2) is 11.0 Å². The van der Waals surface area contributed by atoms with Gasteiger partial charge < -0.3 is 9.47 Å². The van der Waals surface area contributed by atoms with E-state index < -0.39 is 4.75 Å². The zero-order valence-electron chi connectivity index (χ0n) is 15.2. The summed E-state index contributed by atoms with van der Waals surface area (Å²) in [6.07, 6.45) is 1.72. The molecule has 0 radical (unpaired) electrons. The summed E-state index contributed by atoms with van der Waals surface area (Å²) in [6.45, 7) is 3.79. The minimum atomic E-state index is -0.702. The van der Waals surface area contributed by atoms with Gasteiger partial charge in [-0.1, -0.05) is 36.0 Å². The molecule has 0 spiro atoms. The minimum absolute atomic E-state index is 0.00362. The van der Waals surface area contributed by atoms with Crippen LogP contribution in [0.15, 0.2) is 59.9 Å². The number of benzene rings is 1. The van der Waals surface area contributed by atoms with Gasteiger partial charge in [0.25, 0.3) is 0 Å². The second-order valence-corrected chi connectivity index (χ2v) is 7.98. The number of aromatic nitrogens is 4. The lowest BCUT2D eigenvalue weighted by atomic mass is 10.1. The minimum Gasteiger partial charge on any atom is -0.314 e. The Bertz CT molecular complexity index is 893. The van der Waals surface area contributed by atoms with Crippen LogP contribution in [0.25, 0.3) is 11.5 Å². The lowest BCUT2D eigenvalue weighted by Gasteiger charge is -2.28. The second-order valence-electron chi connectivity index (χ2n) is 6.39. The summed E-state index contributed by atoms with van der Waals surface area (Å²) < 4.78 is 1.16. The summed E-state index contributed by atoms with van der Waals surface area (Å²) in [6, 6.07) is 15.3. The zero-order chi connectivity index (χ0) is 18.7. The van der Waals surface area contributed by atoms with Crippen LogP contribution >= 0.6 is 11.8 Å². The Morgan fingerprint density at radius 2 is 1.77 bits per heavy atom. The number of hydrogen-bond acceptors (Lipinski definition) is 5. The first-order valence-corrected chi connectivity index (χ1v) is 9.05. The SMILES string of the molecule is CN(C(=O)C(C)(C)Sc1nnc(-c2ccccn2)n1C)c1ccccc1. The molecule has 0 bridgehead atoms. The van der Waals surface area contributed by atoms with Gasteiger partial charge in [0, 0.05) is 26.0 Å². The third kappa shape index (κ3) is 3.62. The summed E-state index contributed by atoms with van der Waals surface area (Å²) >= 11 is 1.39. The maximum atomic E-state index is 13.0. The molecule has 3 rings (SSSR count). The van der Waals surface area contributed by atoms with E-state index in [0.717, 1.165) is 11.4 Å². The van der Waals surface area contributed by atoms with Crippen LogP contribution in [0.2, 0.25) is 0 Å². The highest BCUT2D eigenvalue weighted by molar-refractivity contribution is 8.01. The molecule has 0 atom stereocenters. The average molecular weight is 367 g/mol. The van der Waals surface area contributed by atoms with Crippen molar-refractivity contribution in [2.75, 3.05) is 11.9 Å². The Hall–Kier alpha value is -2.67. The monoisotopic (exact) mass is 367 g/mol. The standard InChI is InChI=1S/C19H21N5OS/c1-19(2,17(25)23(3)14-10-6-5-7-11-14)26-18-22-21-16(24(18)4)15-12-8-9-13-20-15/h5-13H,1-4H3. The van der Waals surface area contributed by atoms with Crippen molar-refractivity contribution < 1.29 is 4.79 Å². The molecule has 134 valence electrons. The maximum absolute atomic E-state index is 13.0. The van der Waals surface area contributed by atoms with Gasteiger partial charge >= 0.3 is 0 Å². The zero-order valence-corrected chi connectivity index (χ0v) is 16.1. The van der Waals surface area contributed by atoms with Crippen molar-refractivity contribution in [2.45, 2.75) is 23.8 Å². The first-order chi connectivity index (χ1) is 12.4. The molecule has 1 aromatic carbocycles. The third-order valence-electron chi connectivity index (χ3n) is 4.04. The molecular formula is C19H21N5OS. The van der Waals surface area contributed by atoms with E-state index in [1.165, 1.54) is 11.8 Å². The van der Waals surface area contributed by atoms with Gasteiger partial charge in [-0.05, 0) is 38.1 Å². The number of amides is 1. The number of carbonyl (C=O) groups excluding carboxylic acids is 1. The van der Waals surface area contributed by atoms with E-state index in [1.54, 1.807) is 18.1 Å². The molecule has 2 aromatic heterocycles. The molecular weight excluding hydrogens is 346 g/mol. The molecule has 0 saturated carbocycles. The largest absolute Gasteiger partial charge is 0.314 e. The molecule has 7 heteroatoms. The molecule has 0 aliphatic carbocycles. The summed E-state index contributed by atoms with van der Waals surface area (Å²) in [5.74, 6) is 0.670. The van der Waals surface area contributed by atoms with Crippen LogP contribution < -0.4 is 4.90 Å². The number of thioether (sulfide) groups is 1. The topological polar surface area (TPSA) is 63.9 Å². The Morgan fingerprint density at radius 1 is 1.08 bits per heavy atom. The number of rotatable bonds is 5. The van der Waals surface area contributed by atoms with Crippen LogP contribution in [0.4, 0.5) is 5.69 Å². The summed E-state index contributed by atoms with van der Waals surface area (Å²) in [4.78, 5) is 19.0. The molecule has 0 saturated heterocycles. The molecule has 0 fully saturated rings. The van der Waals surface area contributed by atoms with Crippen molar-refractivity contribution in [2.24, 2.45) is 7.05 Å². The number of carbonyl (C=O) groups is 1. The number of nitrogens with zero attached hydrogens (tertiary/aromatic N) is 5. The van der Waals surface area contributed by atoms with Crippen molar-refractivity contribution in [1.29, 1.82) is 0 Å². The quantitative estimate of drug-likeness (QED) is 0.647. The lowest BCUT2D eigenvalue weighted by Crippen LogP contribution is -2.41. The van der Waals surface area contributed by atoms with Gasteiger partial charge in [-0.3, -0.25) is 9.78 Å². The first-order valence-electron chi connectivity index (χ1n) is 8.23. The normalized spacial score (nSPS) is 11.4. The molecule has 2 heterocycles. The van der Waals surface area contributed by atoms with E-state index >= 15 is 0 Å². The molecule has 3 aromatic rings. The van der Waals surface area contributed by atoms with Gasteiger partial charge in [0.2, 0.25) is 5.91 Å². The van der Waals surface area contributed by atoms with E-state index in [-0.39, 0.29) is 5.91 Å². The Morgan fingerprint density at radius 3 is 2.42 bits per heavy atom.